The lowest BCUT2D eigenvalue weighted by atomic mass is 10.2. The van der Waals surface area contributed by atoms with Crippen molar-refractivity contribution >= 4 is 11.6 Å². The highest BCUT2D eigenvalue weighted by Crippen LogP contribution is 2.00. The van der Waals surface area contributed by atoms with Gasteiger partial charge in [-0.25, -0.2) is 9.37 Å². The number of hydrogen-bond donors (Lipinski definition) is 0. The fourth-order valence-electron chi connectivity index (χ4n) is 1.09. The average molecular weight is 261 g/mol. The number of hydrogen-bond acceptors (Lipinski definition) is 5. The summed E-state index contributed by atoms with van der Waals surface area (Å²) < 4.78 is 12.3. The molecule has 0 aliphatic rings. The van der Waals surface area contributed by atoms with Gasteiger partial charge in [0.05, 0.1) is 12.4 Å². The highest BCUT2D eigenvalue weighted by Gasteiger charge is 1.99. The Labute approximate surface area is 109 Å². The Morgan fingerprint density at radius 3 is 2.11 bits per heavy atom. The normalized spacial score (nSPS) is 9.21. The first kappa shape index (κ1) is 14.6. The van der Waals surface area contributed by atoms with E-state index in [1.807, 2.05) is 0 Å². The number of aromatic nitrogens is 3. The second-order valence-electron chi connectivity index (χ2n) is 3.59. The Hall–Kier alpha value is -2.50. The molecule has 0 aliphatic carbocycles. The predicted molar refractivity (Wildman–Crippen MR) is 66.2 cm³/mol. The maximum absolute atomic E-state index is 12.3. The van der Waals surface area contributed by atoms with Crippen LogP contribution in [-0.4, -0.2) is 26.5 Å². The third-order valence-corrected chi connectivity index (χ3v) is 2.04. The van der Waals surface area contributed by atoms with Crippen LogP contribution in [0.25, 0.3) is 0 Å². The second kappa shape index (κ2) is 7.05. The van der Waals surface area contributed by atoms with Crippen LogP contribution in [0.15, 0.2) is 37.1 Å². The van der Waals surface area contributed by atoms with Crippen molar-refractivity contribution in [3.05, 3.63) is 54.1 Å². The van der Waals surface area contributed by atoms with Gasteiger partial charge >= 0.3 is 0 Å². The lowest BCUT2D eigenvalue weighted by Crippen LogP contribution is -1.95. The van der Waals surface area contributed by atoms with E-state index in [0.29, 0.717) is 11.3 Å². The Balaban J connectivity index is 0.000000191. The second-order valence-corrected chi connectivity index (χ2v) is 3.59. The van der Waals surface area contributed by atoms with Gasteiger partial charge in [0.2, 0.25) is 0 Å². The van der Waals surface area contributed by atoms with E-state index in [1.54, 1.807) is 0 Å². The molecule has 2 aromatic heterocycles. The molecule has 0 N–H and O–H groups in total. The third-order valence-electron chi connectivity index (χ3n) is 2.04. The molecule has 0 radical (unpaired) electrons. The van der Waals surface area contributed by atoms with Crippen LogP contribution in [0.1, 0.15) is 34.7 Å². The molecular weight excluding hydrogens is 249 g/mol. The SMILES string of the molecule is CC(=O)c1cncc(F)c1.CC(=O)c1cnccn1. The van der Waals surface area contributed by atoms with E-state index in [1.165, 1.54) is 38.6 Å². The van der Waals surface area contributed by atoms with Gasteiger partial charge in [-0.2, -0.15) is 0 Å². The molecule has 6 heteroatoms. The summed E-state index contributed by atoms with van der Waals surface area (Å²) in [5.74, 6) is -0.706. The number of carbonyl (C=O) groups excluding carboxylic acids is 2. The van der Waals surface area contributed by atoms with Crippen LogP contribution < -0.4 is 0 Å². The quantitative estimate of drug-likeness (QED) is 0.774. The van der Waals surface area contributed by atoms with Crippen molar-refractivity contribution in [1.29, 1.82) is 0 Å². The van der Waals surface area contributed by atoms with Crippen molar-refractivity contribution in [3.8, 4) is 0 Å². The van der Waals surface area contributed by atoms with Crippen LogP contribution in [0.5, 0.6) is 0 Å². The number of ketones is 2. The lowest BCUT2D eigenvalue weighted by molar-refractivity contribution is 0.100. The fraction of sp³-hybridized carbons (Fsp3) is 0.154. The molecule has 0 amide bonds. The first-order valence-corrected chi connectivity index (χ1v) is 5.39. The zero-order valence-electron chi connectivity index (χ0n) is 10.5. The summed E-state index contributed by atoms with van der Waals surface area (Å²) in [5, 5.41) is 0. The van der Waals surface area contributed by atoms with E-state index in [4.69, 9.17) is 0 Å². The van der Waals surface area contributed by atoms with Crippen molar-refractivity contribution in [3.63, 3.8) is 0 Å². The molecule has 0 unspecified atom stereocenters. The van der Waals surface area contributed by atoms with Gasteiger partial charge in [-0.1, -0.05) is 0 Å². The van der Waals surface area contributed by atoms with Crippen molar-refractivity contribution in [2.45, 2.75) is 13.8 Å². The van der Waals surface area contributed by atoms with Crippen LogP contribution in [0.4, 0.5) is 4.39 Å². The molecule has 0 aromatic carbocycles. The summed E-state index contributed by atoms with van der Waals surface area (Å²) in [4.78, 5) is 32.1. The van der Waals surface area contributed by atoms with E-state index in [9.17, 15) is 14.0 Å². The molecule has 0 atom stereocenters. The van der Waals surface area contributed by atoms with Gasteiger partial charge < -0.3 is 0 Å². The minimum absolute atomic E-state index is 0.0527. The number of halogens is 1. The van der Waals surface area contributed by atoms with E-state index < -0.39 is 5.82 Å². The van der Waals surface area contributed by atoms with Crippen LogP contribution in [-0.2, 0) is 0 Å². The maximum Gasteiger partial charge on any atom is 0.179 e. The van der Waals surface area contributed by atoms with Gasteiger partial charge in [0, 0.05) is 31.1 Å². The first-order chi connectivity index (χ1) is 9.00. The Morgan fingerprint density at radius 2 is 1.74 bits per heavy atom. The number of Topliss-reactive ketones (excluding diaryl/α,β-unsaturated/α-hetero) is 2. The van der Waals surface area contributed by atoms with E-state index in [2.05, 4.69) is 15.0 Å². The number of carbonyl (C=O) groups is 2. The topological polar surface area (TPSA) is 72.8 Å². The molecule has 0 saturated heterocycles. The van der Waals surface area contributed by atoms with Gasteiger partial charge in [-0.05, 0) is 13.0 Å². The van der Waals surface area contributed by atoms with Crippen LogP contribution in [0.3, 0.4) is 0 Å². The first-order valence-electron chi connectivity index (χ1n) is 5.39. The van der Waals surface area contributed by atoms with E-state index >= 15 is 0 Å². The monoisotopic (exact) mass is 261 g/mol. The smallest absolute Gasteiger partial charge is 0.179 e. The molecule has 0 saturated carbocycles. The van der Waals surface area contributed by atoms with Crippen molar-refractivity contribution in [1.82, 2.24) is 15.0 Å². The largest absolute Gasteiger partial charge is 0.294 e. The molecule has 0 aliphatic heterocycles. The molecule has 0 spiro atoms. The van der Waals surface area contributed by atoms with Gasteiger partial charge in [-0.3, -0.25) is 19.6 Å². The average Bonchev–Trinajstić information content (AvgIpc) is 2.40. The minimum Gasteiger partial charge on any atom is -0.294 e. The molecule has 0 bridgehead atoms. The van der Waals surface area contributed by atoms with Crippen molar-refractivity contribution in [2.75, 3.05) is 0 Å². The number of pyridine rings is 1. The fourth-order valence-corrected chi connectivity index (χ4v) is 1.09. The summed E-state index contributed by atoms with van der Waals surface area (Å²) in [6.45, 7) is 2.83. The van der Waals surface area contributed by atoms with Crippen molar-refractivity contribution < 1.29 is 14.0 Å². The van der Waals surface area contributed by atoms with Crippen LogP contribution >= 0.6 is 0 Å². The zero-order valence-corrected chi connectivity index (χ0v) is 10.5. The maximum atomic E-state index is 12.3. The molecule has 0 fully saturated rings. The summed E-state index contributed by atoms with van der Waals surface area (Å²) in [7, 11) is 0. The van der Waals surface area contributed by atoms with Gasteiger partial charge in [0.25, 0.3) is 0 Å². The summed E-state index contributed by atoms with van der Waals surface area (Å²) in [6, 6.07) is 1.16. The van der Waals surface area contributed by atoms with Crippen molar-refractivity contribution in [2.24, 2.45) is 0 Å². The van der Waals surface area contributed by atoms with E-state index in [0.717, 1.165) is 12.3 Å². The highest BCUT2D eigenvalue weighted by molar-refractivity contribution is 5.93. The number of nitrogens with zero attached hydrogens (tertiary/aromatic N) is 3. The molecule has 98 valence electrons. The highest BCUT2D eigenvalue weighted by atomic mass is 19.1. The molecular formula is C13H12FN3O2. The lowest BCUT2D eigenvalue weighted by Gasteiger charge is -1.91. The third kappa shape index (κ3) is 5.12. The summed E-state index contributed by atoms with van der Waals surface area (Å²) >= 11 is 0. The molecule has 2 aromatic rings. The van der Waals surface area contributed by atoms with Gasteiger partial charge in [-0.15, -0.1) is 0 Å². The Morgan fingerprint density at radius 1 is 1.00 bits per heavy atom. The predicted octanol–water partition coefficient (Wildman–Crippen LogP) is 2.10. The molecule has 5 nitrogen and oxygen atoms in total. The Kier molecular flexibility index (Phi) is 5.40. The van der Waals surface area contributed by atoms with E-state index in [-0.39, 0.29) is 11.6 Å². The molecule has 19 heavy (non-hydrogen) atoms. The van der Waals surface area contributed by atoms with Crippen LogP contribution in [0, 0.1) is 5.82 Å². The standard InChI is InChI=1S/C7H6FNO.C6H6N2O/c1-5(10)6-2-7(8)4-9-3-6;1-5(9)6-4-7-2-3-8-6/h2-4H,1H3;2-4H,1H3. The van der Waals surface area contributed by atoms with Gasteiger partial charge in [0.1, 0.15) is 11.5 Å². The molecule has 2 rings (SSSR count). The summed E-state index contributed by atoms with van der Waals surface area (Å²) in [6.07, 6.45) is 6.88. The molecule has 2 heterocycles. The van der Waals surface area contributed by atoms with Crippen LogP contribution in [0.2, 0.25) is 0 Å². The summed E-state index contributed by atoms with van der Waals surface area (Å²) in [5.41, 5.74) is 0.720. The zero-order chi connectivity index (χ0) is 14.3. The van der Waals surface area contributed by atoms with Gasteiger partial charge in [0.15, 0.2) is 11.6 Å². The number of rotatable bonds is 2. The Bertz CT molecular complexity index is 573. The minimum atomic E-state index is -0.479.